The Hall–Kier alpha value is -1.33. The second-order valence-corrected chi connectivity index (χ2v) is 6.22. The van der Waals surface area contributed by atoms with Crippen molar-refractivity contribution in [3.05, 3.63) is 22.6 Å². The van der Waals surface area contributed by atoms with Crippen molar-refractivity contribution in [1.29, 1.82) is 0 Å². The minimum Gasteiger partial charge on any atom is -0.455 e. The number of amides is 1. The van der Waals surface area contributed by atoms with E-state index in [4.69, 9.17) is 10.2 Å². The molecule has 1 fully saturated rings. The highest BCUT2D eigenvalue weighted by Gasteiger charge is 2.30. The molecule has 1 aromatic rings. The number of Topliss-reactive ketones (excluding diaryl/α,β-unsaturated/α-hetero) is 1. The second kappa shape index (κ2) is 6.84. The zero-order valence-electron chi connectivity index (χ0n) is 12.8. The molecule has 0 spiro atoms. The maximum atomic E-state index is 12.4. The predicted octanol–water partition coefficient (Wildman–Crippen LogP) is 2.53. The van der Waals surface area contributed by atoms with Crippen molar-refractivity contribution in [2.75, 3.05) is 0 Å². The molecule has 22 heavy (non-hydrogen) atoms. The van der Waals surface area contributed by atoms with E-state index >= 15 is 0 Å². The zero-order valence-corrected chi connectivity index (χ0v) is 13.6. The highest BCUT2D eigenvalue weighted by Crippen LogP contribution is 2.29. The molecule has 3 rings (SSSR count). The van der Waals surface area contributed by atoms with Gasteiger partial charge in [0.05, 0.1) is 5.56 Å². The van der Waals surface area contributed by atoms with Crippen LogP contribution in [0.4, 0.5) is 0 Å². The fourth-order valence-corrected chi connectivity index (χ4v) is 3.38. The Morgan fingerprint density at radius 3 is 2.55 bits per heavy atom. The number of nitrogens with two attached hydrogens (primary N) is 1. The van der Waals surface area contributed by atoms with Gasteiger partial charge in [-0.1, -0.05) is 0 Å². The number of aryl methyl sites for hydroxylation is 1. The molecular formula is C16H23ClN2O3. The van der Waals surface area contributed by atoms with Gasteiger partial charge in [0.2, 0.25) is 0 Å². The summed E-state index contributed by atoms with van der Waals surface area (Å²) in [7, 11) is 0. The molecule has 5 nitrogen and oxygen atoms in total. The van der Waals surface area contributed by atoms with E-state index in [9.17, 15) is 9.59 Å². The lowest BCUT2D eigenvalue weighted by Gasteiger charge is -2.26. The summed E-state index contributed by atoms with van der Waals surface area (Å²) in [4.78, 5) is 24.4. The van der Waals surface area contributed by atoms with Crippen molar-refractivity contribution in [3.63, 3.8) is 0 Å². The summed E-state index contributed by atoms with van der Waals surface area (Å²) in [6.45, 7) is 1.80. The number of fused-ring (bicyclic) bond motifs is 1. The van der Waals surface area contributed by atoms with Gasteiger partial charge < -0.3 is 15.5 Å². The van der Waals surface area contributed by atoms with Crippen LogP contribution in [0.3, 0.4) is 0 Å². The van der Waals surface area contributed by atoms with Crippen molar-refractivity contribution in [1.82, 2.24) is 5.32 Å². The van der Waals surface area contributed by atoms with Crippen LogP contribution in [-0.4, -0.2) is 23.8 Å². The van der Waals surface area contributed by atoms with E-state index in [2.05, 4.69) is 5.32 Å². The first-order valence-electron chi connectivity index (χ1n) is 7.78. The average molecular weight is 327 g/mol. The molecule has 1 saturated carbocycles. The summed E-state index contributed by atoms with van der Waals surface area (Å²) in [6, 6.07) is 0.419. The molecular weight excluding hydrogens is 304 g/mol. The van der Waals surface area contributed by atoms with Gasteiger partial charge >= 0.3 is 0 Å². The number of carbonyl (C=O) groups is 2. The summed E-state index contributed by atoms with van der Waals surface area (Å²) in [5.74, 6) is 0.889. The summed E-state index contributed by atoms with van der Waals surface area (Å²) in [6.07, 6.45) is 5.80. The largest absolute Gasteiger partial charge is 0.455 e. The van der Waals surface area contributed by atoms with Gasteiger partial charge in [-0.05, 0) is 39.0 Å². The van der Waals surface area contributed by atoms with Crippen molar-refractivity contribution >= 4 is 24.1 Å². The Kier molecular flexibility index (Phi) is 5.29. The maximum Gasteiger partial charge on any atom is 0.287 e. The molecule has 2 aliphatic rings. The molecule has 0 unspecified atom stereocenters. The summed E-state index contributed by atoms with van der Waals surface area (Å²) in [5.41, 5.74) is 7.21. The van der Waals surface area contributed by atoms with Gasteiger partial charge in [-0.15, -0.1) is 12.4 Å². The fraction of sp³-hybridized carbons (Fsp3) is 0.625. The lowest BCUT2D eigenvalue weighted by atomic mass is 9.91. The predicted molar refractivity (Wildman–Crippen MR) is 85.7 cm³/mol. The van der Waals surface area contributed by atoms with Crippen molar-refractivity contribution < 1.29 is 14.0 Å². The van der Waals surface area contributed by atoms with Crippen LogP contribution in [0.5, 0.6) is 0 Å². The highest BCUT2D eigenvalue weighted by atomic mass is 35.5. The molecule has 0 bridgehead atoms. The van der Waals surface area contributed by atoms with Crippen molar-refractivity contribution in [2.24, 2.45) is 5.73 Å². The van der Waals surface area contributed by atoms with E-state index in [1.807, 2.05) is 0 Å². The number of carbonyl (C=O) groups excluding carboxylic acids is 2. The Morgan fingerprint density at radius 2 is 1.91 bits per heavy atom. The van der Waals surface area contributed by atoms with E-state index in [-0.39, 0.29) is 36.2 Å². The summed E-state index contributed by atoms with van der Waals surface area (Å²) in [5, 5.41) is 3.02. The zero-order chi connectivity index (χ0) is 15.0. The van der Waals surface area contributed by atoms with Crippen LogP contribution < -0.4 is 11.1 Å². The first-order valence-corrected chi connectivity index (χ1v) is 7.78. The molecule has 0 aliphatic heterocycles. The SMILES string of the molecule is Cc1c(C(=O)NC2CCC(N)CC2)oc2c1C(=O)CCC2.Cl. The number of hydrogen-bond acceptors (Lipinski definition) is 4. The van der Waals surface area contributed by atoms with E-state index in [0.717, 1.165) is 38.5 Å². The van der Waals surface area contributed by atoms with E-state index in [1.54, 1.807) is 6.92 Å². The van der Waals surface area contributed by atoms with Gasteiger partial charge in [0.25, 0.3) is 5.91 Å². The van der Waals surface area contributed by atoms with Crippen LogP contribution in [0.15, 0.2) is 4.42 Å². The molecule has 0 radical (unpaired) electrons. The van der Waals surface area contributed by atoms with Gasteiger partial charge in [0.1, 0.15) is 5.76 Å². The molecule has 1 aromatic heterocycles. The number of hydrogen-bond donors (Lipinski definition) is 2. The molecule has 0 saturated heterocycles. The molecule has 122 valence electrons. The normalized spacial score (nSPS) is 24.4. The van der Waals surface area contributed by atoms with Crippen LogP contribution in [0.1, 0.15) is 70.8 Å². The Bertz CT molecular complexity index is 574. The van der Waals surface area contributed by atoms with Crippen molar-refractivity contribution in [3.8, 4) is 0 Å². The molecule has 1 amide bonds. The quantitative estimate of drug-likeness (QED) is 0.874. The van der Waals surface area contributed by atoms with Crippen molar-refractivity contribution in [2.45, 2.75) is 64.0 Å². The summed E-state index contributed by atoms with van der Waals surface area (Å²) < 4.78 is 5.67. The third kappa shape index (κ3) is 3.20. The average Bonchev–Trinajstić information content (AvgIpc) is 2.80. The van der Waals surface area contributed by atoms with E-state index < -0.39 is 0 Å². The first kappa shape index (κ1) is 17.0. The molecule has 6 heteroatoms. The topological polar surface area (TPSA) is 85.3 Å². The third-order valence-electron chi connectivity index (χ3n) is 4.62. The fourth-order valence-electron chi connectivity index (χ4n) is 3.38. The molecule has 1 heterocycles. The number of nitrogens with one attached hydrogen (secondary N) is 1. The smallest absolute Gasteiger partial charge is 0.287 e. The van der Waals surface area contributed by atoms with Gasteiger partial charge in [0.15, 0.2) is 11.5 Å². The summed E-state index contributed by atoms with van der Waals surface area (Å²) >= 11 is 0. The van der Waals surface area contributed by atoms with Crippen LogP contribution in [0.2, 0.25) is 0 Å². The minimum absolute atomic E-state index is 0. The van der Waals surface area contributed by atoms with Crippen LogP contribution in [-0.2, 0) is 6.42 Å². The van der Waals surface area contributed by atoms with Crippen LogP contribution in [0.25, 0.3) is 0 Å². The molecule has 0 aromatic carbocycles. The highest BCUT2D eigenvalue weighted by molar-refractivity contribution is 6.03. The Balaban J connectivity index is 0.00000176. The van der Waals surface area contributed by atoms with Gasteiger partial charge in [-0.25, -0.2) is 0 Å². The van der Waals surface area contributed by atoms with Gasteiger partial charge in [0, 0.05) is 30.5 Å². The number of halogens is 1. The Labute approximate surface area is 136 Å². The van der Waals surface area contributed by atoms with E-state index in [1.165, 1.54) is 0 Å². The first-order chi connectivity index (χ1) is 10.1. The van der Waals surface area contributed by atoms with E-state index in [0.29, 0.717) is 29.1 Å². The standard InChI is InChI=1S/C16H22N2O3.ClH/c1-9-14-12(19)3-2-4-13(14)21-15(9)16(20)18-11-7-5-10(17)6-8-11;/h10-11H,2-8,17H2,1H3,(H,18,20);1H. The Morgan fingerprint density at radius 1 is 1.23 bits per heavy atom. The van der Waals surface area contributed by atoms with Crippen LogP contribution in [0, 0.1) is 6.92 Å². The maximum absolute atomic E-state index is 12.4. The number of ketones is 1. The lowest BCUT2D eigenvalue weighted by molar-refractivity contribution is 0.0892. The van der Waals surface area contributed by atoms with Gasteiger partial charge in [-0.3, -0.25) is 9.59 Å². The molecule has 2 aliphatic carbocycles. The number of rotatable bonds is 2. The van der Waals surface area contributed by atoms with Gasteiger partial charge in [-0.2, -0.15) is 0 Å². The lowest BCUT2D eigenvalue weighted by Crippen LogP contribution is -2.40. The minimum atomic E-state index is -0.199. The van der Waals surface area contributed by atoms with Crippen LogP contribution >= 0.6 is 12.4 Å². The second-order valence-electron chi connectivity index (χ2n) is 6.22. The molecule has 0 atom stereocenters. The third-order valence-corrected chi connectivity index (χ3v) is 4.62. The monoisotopic (exact) mass is 326 g/mol. The number of furan rings is 1. The molecule has 3 N–H and O–H groups in total.